The van der Waals surface area contributed by atoms with E-state index in [2.05, 4.69) is 14.8 Å². The normalized spacial score (nSPS) is 10.0. The minimum atomic E-state index is -0.354. The molecule has 0 fully saturated rings. The van der Waals surface area contributed by atoms with E-state index in [1.165, 1.54) is 14.0 Å². The molecule has 0 spiro atoms. The summed E-state index contributed by atoms with van der Waals surface area (Å²) in [6.45, 7) is 1.33. The second-order valence-corrected chi connectivity index (χ2v) is 2.89. The van der Waals surface area contributed by atoms with Crippen LogP contribution < -0.4 is 5.73 Å². The van der Waals surface area contributed by atoms with E-state index in [-0.39, 0.29) is 24.2 Å². The van der Waals surface area contributed by atoms with Gasteiger partial charge in [0, 0.05) is 13.3 Å². The Balaban J connectivity index is 2.67. The van der Waals surface area contributed by atoms with Gasteiger partial charge >= 0.3 is 5.97 Å². The fourth-order valence-electron chi connectivity index (χ4n) is 1.02. The summed E-state index contributed by atoms with van der Waals surface area (Å²) < 4.78 is 5.45. The highest BCUT2D eigenvalue weighted by molar-refractivity contribution is 5.77. The van der Waals surface area contributed by atoms with Crippen LogP contribution in [0.15, 0.2) is 0 Å². The maximum Gasteiger partial charge on any atom is 0.305 e. The molecule has 0 aliphatic rings. The van der Waals surface area contributed by atoms with Crippen LogP contribution >= 0.6 is 0 Å². The quantitative estimate of drug-likeness (QED) is 0.686. The van der Waals surface area contributed by atoms with Crippen molar-refractivity contribution in [1.82, 2.24) is 14.8 Å². The van der Waals surface area contributed by atoms with Gasteiger partial charge in [0.2, 0.25) is 11.9 Å². The van der Waals surface area contributed by atoms with Crippen molar-refractivity contribution in [3.63, 3.8) is 0 Å². The third-order valence-electron chi connectivity index (χ3n) is 1.75. The third-order valence-corrected chi connectivity index (χ3v) is 1.75. The van der Waals surface area contributed by atoms with Crippen LogP contribution in [-0.4, -0.2) is 33.8 Å². The Morgan fingerprint density at radius 2 is 2.20 bits per heavy atom. The van der Waals surface area contributed by atoms with Crippen molar-refractivity contribution in [2.75, 3.05) is 12.8 Å². The number of ether oxygens (including phenoxy) is 1. The molecule has 0 bridgehead atoms. The number of nitrogens with two attached hydrogens (primary N) is 1. The van der Waals surface area contributed by atoms with Gasteiger partial charge in [0.15, 0.2) is 5.82 Å². The van der Waals surface area contributed by atoms with Gasteiger partial charge < -0.3 is 10.5 Å². The molecule has 0 amide bonds. The van der Waals surface area contributed by atoms with Gasteiger partial charge in [-0.3, -0.25) is 9.59 Å². The fraction of sp³-hybridized carbons (Fsp3) is 0.500. The van der Waals surface area contributed by atoms with Crippen molar-refractivity contribution in [1.29, 1.82) is 0 Å². The third kappa shape index (κ3) is 2.76. The Labute approximate surface area is 86.2 Å². The summed E-state index contributed by atoms with van der Waals surface area (Å²) in [5, 5.41) is 3.84. The highest BCUT2D eigenvalue weighted by Gasteiger charge is 2.11. The zero-order valence-electron chi connectivity index (χ0n) is 8.56. The molecule has 0 atom stereocenters. The van der Waals surface area contributed by atoms with Crippen molar-refractivity contribution >= 4 is 17.8 Å². The number of nitrogens with zero attached hydrogens (tertiary/aromatic N) is 3. The van der Waals surface area contributed by atoms with Crippen LogP contribution in [0.5, 0.6) is 0 Å². The maximum absolute atomic E-state index is 11.0. The number of esters is 1. The average Bonchev–Trinajstić information content (AvgIpc) is 2.56. The van der Waals surface area contributed by atoms with E-state index in [4.69, 9.17) is 5.73 Å². The van der Waals surface area contributed by atoms with Crippen molar-refractivity contribution in [2.45, 2.75) is 19.8 Å². The Morgan fingerprint density at radius 1 is 1.53 bits per heavy atom. The number of nitrogen functional groups attached to an aromatic ring is 1. The molecular formula is C8H12N4O3. The number of anilines is 1. The molecule has 1 aromatic rings. The number of aromatic nitrogens is 3. The summed E-state index contributed by atoms with van der Waals surface area (Å²) in [6.07, 6.45) is 0.467. The Morgan fingerprint density at radius 3 is 2.67 bits per heavy atom. The molecule has 1 heterocycles. The summed E-state index contributed by atoms with van der Waals surface area (Å²) in [5.41, 5.74) is 5.43. The number of methoxy groups -OCH3 is 1. The highest BCUT2D eigenvalue weighted by atomic mass is 16.5. The van der Waals surface area contributed by atoms with Gasteiger partial charge in [0.1, 0.15) is 0 Å². The summed E-state index contributed by atoms with van der Waals surface area (Å²) in [7, 11) is 1.30. The largest absolute Gasteiger partial charge is 0.469 e. The van der Waals surface area contributed by atoms with E-state index in [0.29, 0.717) is 12.2 Å². The van der Waals surface area contributed by atoms with Crippen LogP contribution in [0.4, 0.5) is 5.95 Å². The van der Waals surface area contributed by atoms with Gasteiger partial charge in [0.25, 0.3) is 0 Å². The molecule has 0 aromatic carbocycles. The Hall–Kier alpha value is -1.92. The van der Waals surface area contributed by atoms with E-state index in [1.807, 2.05) is 0 Å². The van der Waals surface area contributed by atoms with Crippen molar-refractivity contribution in [2.24, 2.45) is 0 Å². The number of hydrogen-bond acceptors (Lipinski definition) is 6. The van der Waals surface area contributed by atoms with Gasteiger partial charge in [-0.15, -0.1) is 5.10 Å². The Kier molecular flexibility index (Phi) is 3.37. The maximum atomic E-state index is 11.0. The lowest BCUT2D eigenvalue weighted by atomic mass is 10.3. The van der Waals surface area contributed by atoms with E-state index in [0.717, 1.165) is 4.68 Å². The molecular weight excluding hydrogens is 200 g/mol. The summed E-state index contributed by atoms with van der Waals surface area (Å²) in [5.74, 6) is -0.285. The fourth-order valence-corrected chi connectivity index (χ4v) is 1.02. The van der Waals surface area contributed by atoms with Crippen LogP contribution in [0, 0.1) is 0 Å². The molecule has 7 nitrogen and oxygen atoms in total. The first-order chi connectivity index (χ1) is 7.04. The summed E-state index contributed by atoms with van der Waals surface area (Å²) in [6, 6.07) is 0. The van der Waals surface area contributed by atoms with Crippen LogP contribution in [0.1, 0.15) is 24.0 Å². The standard InChI is InChI=1S/C8H12N4O3/c1-5(13)12-8(9)10-6(11-12)3-4-7(14)15-2/h3-4H2,1-2H3,(H2,9,10,11). The molecule has 82 valence electrons. The molecule has 0 saturated carbocycles. The molecule has 0 aliphatic carbocycles. The minimum Gasteiger partial charge on any atom is -0.469 e. The zero-order chi connectivity index (χ0) is 11.4. The monoisotopic (exact) mass is 212 g/mol. The first-order valence-electron chi connectivity index (χ1n) is 4.33. The van der Waals surface area contributed by atoms with Crippen LogP contribution in [0.25, 0.3) is 0 Å². The predicted octanol–water partition coefficient (Wildman–Crippen LogP) is -0.374. The van der Waals surface area contributed by atoms with Gasteiger partial charge in [0.05, 0.1) is 13.5 Å². The molecule has 7 heteroatoms. The SMILES string of the molecule is COC(=O)CCc1nc(N)n(C(C)=O)n1. The second kappa shape index (κ2) is 4.54. The Bertz CT molecular complexity index is 385. The lowest BCUT2D eigenvalue weighted by Crippen LogP contribution is -2.11. The van der Waals surface area contributed by atoms with Gasteiger partial charge in [-0.2, -0.15) is 9.67 Å². The van der Waals surface area contributed by atoms with Crippen LogP contribution in [0.2, 0.25) is 0 Å². The number of aryl methyl sites for hydroxylation is 1. The number of carbonyl (C=O) groups is 2. The minimum absolute atomic E-state index is 0.0300. The molecule has 0 saturated heterocycles. The number of hydrogen-bond donors (Lipinski definition) is 1. The topological polar surface area (TPSA) is 100 Å². The molecule has 1 rings (SSSR count). The van der Waals surface area contributed by atoms with Crippen molar-refractivity contribution < 1.29 is 14.3 Å². The number of carbonyl (C=O) groups excluding carboxylic acids is 2. The first kappa shape index (κ1) is 11.2. The van der Waals surface area contributed by atoms with Gasteiger partial charge in [-0.05, 0) is 0 Å². The highest BCUT2D eigenvalue weighted by Crippen LogP contribution is 2.03. The van der Waals surface area contributed by atoms with Crippen molar-refractivity contribution in [3.8, 4) is 0 Å². The lowest BCUT2D eigenvalue weighted by Gasteiger charge is -1.94. The molecule has 0 aliphatic heterocycles. The van der Waals surface area contributed by atoms with E-state index in [1.54, 1.807) is 0 Å². The summed E-state index contributed by atoms with van der Waals surface area (Å²) in [4.78, 5) is 25.6. The predicted molar refractivity (Wildman–Crippen MR) is 51.1 cm³/mol. The smallest absolute Gasteiger partial charge is 0.305 e. The first-order valence-corrected chi connectivity index (χ1v) is 4.33. The van der Waals surface area contributed by atoms with E-state index < -0.39 is 0 Å². The van der Waals surface area contributed by atoms with Crippen molar-refractivity contribution in [3.05, 3.63) is 5.82 Å². The molecule has 0 unspecified atom stereocenters. The molecule has 0 radical (unpaired) electrons. The average molecular weight is 212 g/mol. The molecule has 1 aromatic heterocycles. The number of rotatable bonds is 3. The van der Waals surface area contributed by atoms with Gasteiger partial charge in [-0.25, -0.2) is 0 Å². The molecule has 2 N–H and O–H groups in total. The lowest BCUT2D eigenvalue weighted by molar-refractivity contribution is -0.140. The molecule has 15 heavy (non-hydrogen) atoms. The van der Waals surface area contributed by atoms with E-state index in [9.17, 15) is 9.59 Å². The van der Waals surface area contributed by atoms with Crippen LogP contribution in [0.3, 0.4) is 0 Å². The van der Waals surface area contributed by atoms with Gasteiger partial charge in [-0.1, -0.05) is 0 Å². The van der Waals surface area contributed by atoms with Crippen LogP contribution in [-0.2, 0) is 16.0 Å². The zero-order valence-corrected chi connectivity index (χ0v) is 8.56. The summed E-state index contributed by atoms with van der Waals surface area (Å²) >= 11 is 0. The second-order valence-electron chi connectivity index (χ2n) is 2.89. The van der Waals surface area contributed by atoms with E-state index >= 15 is 0 Å².